The highest BCUT2D eigenvalue weighted by Gasteiger charge is 2.29. The molecule has 4 heterocycles. The maximum atomic E-state index is 13.1. The Labute approximate surface area is 208 Å². The minimum Gasteiger partial charge on any atom is -0.355 e. The molecule has 0 radical (unpaired) electrons. The molecule has 0 aliphatic carbocycles. The van der Waals surface area contributed by atoms with E-state index in [0.29, 0.717) is 13.1 Å². The molecule has 2 amide bonds. The topological polar surface area (TPSA) is 65.5 Å². The molecule has 1 saturated heterocycles. The summed E-state index contributed by atoms with van der Waals surface area (Å²) in [5, 5.41) is 8.30. The van der Waals surface area contributed by atoms with E-state index in [1.165, 1.54) is 10.4 Å². The maximum Gasteiger partial charge on any atom is 0.241 e. The second-order valence-electron chi connectivity index (χ2n) is 9.06. The van der Waals surface area contributed by atoms with Crippen molar-refractivity contribution >= 4 is 40.2 Å². The van der Waals surface area contributed by atoms with Gasteiger partial charge in [0, 0.05) is 40.5 Å². The number of fused-ring (bicyclic) bond motifs is 1. The van der Waals surface area contributed by atoms with Crippen LogP contribution in [0.25, 0.3) is 11.3 Å². The summed E-state index contributed by atoms with van der Waals surface area (Å²) in [5.41, 5.74) is 4.37. The van der Waals surface area contributed by atoms with E-state index in [1.807, 2.05) is 17.9 Å². The number of thiophene rings is 1. The lowest BCUT2D eigenvalue weighted by Gasteiger charge is -2.32. The number of benzene rings is 1. The van der Waals surface area contributed by atoms with E-state index in [9.17, 15) is 9.59 Å². The van der Waals surface area contributed by atoms with Gasteiger partial charge in [-0.05, 0) is 74.8 Å². The fourth-order valence-corrected chi connectivity index (χ4v) is 6.19. The standard InChI is InChI=1S/C26H30N4O2S2/c1-18-28-23(17-34-18)20-4-5-24-21(15-20)9-13-30(24)25(31)16-29-11-7-19(8-12-29)26(32)27-10-6-22-3-2-14-33-22/h2-5,14-15,17,19H,6-13,16H2,1H3,(H,27,32). The van der Waals surface area contributed by atoms with Crippen LogP contribution in [0.4, 0.5) is 5.69 Å². The van der Waals surface area contributed by atoms with E-state index < -0.39 is 0 Å². The van der Waals surface area contributed by atoms with Crippen LogP contribution < -0.4 is 10.2 Å². The van der Waals surface area contributed by atoms with Gasteiger partial charge in [0.1, 0.15) is 0 Å². The lowest BCUT2D eigenvalue weighted by molar-refractivity contribution is -0.126. The highest BCUT2D eigenvalue weighted by atomic mass is 32.1. The Bertz CT molecular complexity index is 1150. The molecule has 0 saturated carbocycles. The molecule has 2 aliphatic heterocycles. The van der Waals surface area contributed by atoms with Gasteiger partial charge in [-0.2, -0.15) is 0 Å². The Morgan fingerprint density at radius 3 is 2.74 bits per heavy atom. The summed E-state index contributed by atoms with van der Waals surface area (Å²) in [6.07, 6.45) is 3.39. The van der Waals surface area contributed by atoms with Gasteiger partial charge in [-0.25, -0.2) is 4.98 Å². The summed E-state index contributed by atoms with van der Waals surface area (Å²) < 4.78 is 0. The van der Waals surface area contributed by atoms with Crippen molar-refractivity contribution in [3.8, 4) is 11.3 Å². The van der Waals surface area contributed by atoms with E-state index in [-0.39, 0.29) is 17.7 Å². The summed E-state index contributed by atoms with van der Waals surface area (Å²) in [6, 6.07) is 10.5. The van der Waals surface area contributed by atoms with Gasteiger partial charge in [-0.3, -0.25) is 14.5 Å². The van der Waals surface area contributed by atoms with Crippen LogP contribution in [0.3, 0.4) is 0 Å². The molecular formula is C26H30N4O2S2. The number of aryl methyl sites for hydroxylation is 1. The molecule has 2 aliphatic rings. The molecule has 0 unspecified atom stereocenters. The van der Waals surface area contributed by atoms with Crippen LogP contribution in [0.5, 0.6) is 0 Å². The fourth-order valence-electron chi connectivity index (χ4n) is 4.85. The van der Waals surface area contributed by atoms with Crippen molar-refractivity contribution in [2.75, 3.05) is 37.6 Å². The summed E-state index contributed by atoms with van der Waals surface area (Å²) in [6.45, 7) is 5.44. The number of anilines is 1. The van der Waals surface area contributed by atoms with Gasteiger partial charge >= 0.3 is 0 Å². The third-order valence-electron chi connectivity index (χ3n) is 6.76. The zero-order valence-corrected chi connectivity index (χ0v) is 21.1. The Hall–Kier alpha value is -2.55. The molecule has 2 aromatic heterocycles. The van der Waals surface area contributed by atoms with E-state index >= 15 is 0 Å². The number of hydrogen-bond donors (Lipinski definition) is 1. The first kappa shape index (κ1) is 23.2. The molecule has 1 aromatic carbocycles. The Morgan fingerprint density at radius 1 is 1.15 bits per heavy atom. The number of amides is 2. The van der Waals surface area contributed by atoms with E-state index in [2.05, 4.69) is 50.2 Å². The van der Waals surface area contributed by atoms with E-state index in [1.54, 1.807) is 22.7 Å². The molecular weight excluding hydrogens is 464 g/mol. The minimum absolute atomic E-state index is 0.0509. The number of nitrogens with zero attached hydrogens (tertiary/aromatic N) is 3. The fraction of sp³-hybridized carbons (Fsp3) is 0.423. The lowest BCUT2D eigenvalue weighted by atomic mass is 9.96. The van der Waals surface area contributed by atoms with Crippen molar-refractivity contribution in [3.05, 3.63) is 56.5 Å². The van der Waals surface area contributed by atoms with Crippen LogP contribution in [0.1, 0.15) is 28.3 Å². The molecule has 178 valence electrons. The number of thiazole rings is 1. The van der Waals surface area contributed by atoms with Crippen molar-refractivity contribution < 1.29 is 9.59 Å². The number of nitrogens with one attached hydrogen (secondary N) is 1. The third-order valence-corrected chi connectivity index (χ3v) is 8.47. The molecule has 1 N–H and O–H groups in total. The summed E-state index contributed by atoms with van der Waals surface area (Å²) in [5.74, 6) is 0.354. The second kappa shape index (κ2) is 10.4. The van der Waals surface area contributed by atoms with Crippen molar-refractivity contribution in [3.63, 3.8) is 0 Å². The zero-order chi connectivity index (χ0) is 23.5. The summed E-state index contributed by atoms with van der Waals surface area (Å²) in [4.78, 5) is 35.6. The number of aromatic nitrogens is 1. The molecule has 5 rings (SSSR count). The summed E-state index contributed by atoms with van der Waals surface area (Å²) in [7, 11) is 0. The van der Waals surface area contributed by atoms with E-state index in [4.69, 9.17) is 0 Å². The van der Waals surface area contributed by atoms with Crippen molar-refractivity contribution in [2.24, 2.45) is 5.92 Å². The predicted molar refractivity (Wildman–Crippen MR) is 139 cm³/mol. The highest BCUT2D eigenvalue weighted by molar-refractivity contribution is 7.10. The third kappa shape index (κ3) is 5.24. The second-order valence-corrected chi connectivity index (χ2v) is 11.2. The van der Waals surface area contributed by atoms with Crippen LogP contribution in [-0.4, -0.2) is 54.4 Å². The maximum absolute atomic E-state index is 13.1. The molecule has 8 heteroatoms. The molecule has 34 heavy (non-hydrogen) atoms. The number of hydrogen-bond acceptors (Lipinski definition) is 6. The highest BCUT2D eigenvalue weighted by Crippen LogP contribution is 2.33. The Kier molecular flexibility index (Phi) is 7.08. The van der Waals surface area contributed by atoms with Crippen LogP contribution in [0.15, 0.2) is 41.1 Å². The molecule has 0 spiro atoms. The summed E-state index contributed by atoms with van der Waals surface area (Å²) >= 11 is 3.38. The normalized spacial score (nSPS) is 16.6. The molecule has 1 fully saturated rings. The van der Waals surface area contributed by atoms with Gasteiger partial charge in [0.25, 0.3) is 0 Å². The van der Waals surface area contributed by atoms with Gasteiger partial charge in [0.2, 0.25) is 11.8 Å². The Balaban J connectivity index is 1.10. The lowest BCUT2D eigenvalue weighted by Crippen LogP contribution is -2.45. The van der Waals surface area contributed by atoms with Crippen LogP contribution >= 0.6 is 22.7 Å². The first-order valence-electron chi connectivity index (χ1n) is 11.9. The van der Waals surface area contributed by atoms with Crippen LogP contribution in [0.2, 0.25) is 0 Å². The average Bonchev–Trinajstić information content (AvgIpc) is 3.60. The van der Waals surface area contributed by atoms with E-state index in [0.717, 1.165) is 67.3 Å². The van der Waals surface area contributed by atoms with Gasteiger partial charge in [-0.1, -0.05) is 12.1 Å². The molecule has 0 atom stereocenters. The number of piperidine rings is 1. The number of carbonyl (C=O) groups is 2. The van der Waals surface area contributed by atoms with Gasteiger partial charge in [0.05, 0.1) is 17.2 Å². The molecule has 3 aromatic rings. The van der Waals surface area contributed by atoms with Crippen molar-refractivity contribution in [1.82, 2.24) is 15.2 Å². The van der Waals surface area contributed by atoms with Gasteiger partial charge < -0.3 is 10.2 Å². The van der Waals surface area contributed by atoms with Gasteiger partial charge in [0.15, 0.2) is 0 Å². The zero-order valence-electron chi connectivity index (χ0n) is 19.5. The number of rotatable bonds is 7. The van der Waals surface area contributed by atoms with Crippen LogP contribution in [-0.2, 0) is 22.4 Å². The first-order valence-corrected chi connectivity index (χ1v) is 13.7. The average molecular weight is 495 g/mol. The van der Waals surface area contributed by atoms with Crippen LogP contribution in [0, 0.1) is 12.8 Å². The van der Waals surface area contributed by atoms with Gasteiger partial charge in [-0.15, -0.1) is 22.7 Å². The SMILES string of the molecule is Cc1nc(-c2ccc3c(c2)CCN3C(=O)CN2CCC(C(=O)NCCc3cccs3)CC2)cs1. The van der Waals surface area contributed by atoms with Crippen molar-refractivity contribution in [2.45, 2.75) is 32.6 Å². The minimum atomic E-state index is 0.0509. The number of likely N-dealkylation sites (tertiary alicyclic amines) is 1. The monoisotopic (exact) mass is 494 g/mol. The smallest absolute Gasteiger partial charge is 0.241 e. The molecule has 6 nitrogen and oxygen atoms in total. The first-order chi connectivity index (χ1) is 16.6. The Morgan fingerprint density at radius 2 is 2.00 bits per heavy atom. The van der Waals surface area contributed by atoms with Crippen molar-refractivity contribution in [1.29, 1.82) is 0 Å². The quantitative estimate of drug-likeness (QED) is 0.536. The predicted octanol–water partition coefficient (Wildman–Crippen LogP) is 4.14. The molecule has 0 bridgehead atoms. The largest absolute Gasteiger partial charge is 0.355 e. The number of carbonyl (C=O) groups excluding carboxylic acids is 2.